The first kappa shape index (κ1) is 14.4. The van der Waals surface area contributed by atoms with Gasteiger partial charge in [-0.1, -0.05) is 6.08 Å². The maximum atomic E-state index is 9.98. The van der Waals surface area contributed by atoms with Gasteiger partial charge in [0.2, 0.25) is 0 Å². The van der Waals surface area contributed by atoms with E-state index in [2.05, 4.69) is 16.9 Å². The van der Waals surface area contributed by atoms with Crippen LogP contribution in [0.25, 0.3) is 0 Å². The number of carboxylic acid groups (broad SMARTS) is 1. The standard InChI is InChI=1S/C7H15N.C4H4N2O2/c1-3-4-5-6-7-8-2;7-4(8)6-2-1-5-3-6/h3,8H,1,4-7H2,2H3;1-3H,(H,7,8). The molecular formula is C11H19N3O2. The van der Waals surface area contributed by atoms with Crippen molar-refractivity contribution in [2.45, 2.75) is 19.3 Å². The average Bonchev–Trinajstić information content (AvgIpc) is 2.79. The lowest BCUT2D eigenvalue weighted by molar-refractivity contribution is 0.196. The third-order valence-corrected chi connectivity index (χ3v) is 1.81. The van der Waals surface area contributed by atoms with E-state index in [1.165, 1.54) is 31.6 Å². The summed E-state index contributed by atoms with van der Waals surface area (Å²) in [6.45, 7) is 4.77. The van der Waals surface area contributed by atoms with Crippen LogP contribution in [0.1, 0.15) is 19.3 Å². The van der Waals surface area contributed by atoms with Crippen molar-refractivity contribution < 1.29 is 9.90 Å². The van der Waals surface area contributed by atoms with Gasteiger partial charge in [0.05, 0.1) is 0 Å². The Hall–Kier alpha value is -1.62. The van der Waals surface area contributed by atoms with Gasteiger partial charge in [-0.25, -0.2) is 14.3 Å². The van der Waals surface area contributed by atoms with Crippen LogP contribution in [0, 0.1) is 0 Å². The Morgan fingerprint density at radius 2 is 2.38 bits per heavy atom. The van der Waals surface area contributed by atoms with Crippen molar-refractivity contribution in [1.29, 1.82) is 0 Å². The minimum Gasteiger partial charge on any atom is -0.464 e. The van der Waals surface area contributed by atoms with Crippen LogP contribution >= 0.6 is 0 Å². The van der Waals surface area contributed by atoms with Crippen molar-refractivity contribution in [3.63, 3.8) is 0 Å². The van der Waals surface area contributed by atoms with E-state index in [1.54, 1.807) is 0 Å². The molecule has 0 aliphatic heterocycles. The molecule has 0 radical (unpaired) electrons. The van der Waals surface area contributed by atoms with E-state index in [-0.39, 0.29) is 0 Å². The molecule has 1 heterocycles. The van der Waals surface area contributed by atoms with Crippen LogP contribution in [0.4, 0.5) is 4.79 Å². The molecule has 0 saturated carbocycles. The van der Waals surface area contributed by atoms with E-state index in [1.807, 2.05) is 13.1 Å². The highest BCUT2D eigenvalue weighted by molar-refractivity contribution is 5.67. The molecule has 0 spiro atoms. The van der Waals surface area contributed by atoms with Crippen LogP contribution in [0.3, 0.4) is 0 Å². The Bertz CT molecular complexity index is 283. The highest BCUT2D eigenvalue weighted by atomic mass is 16.4. The maximum Gasteiger partial charge on any atom is 0.416 e. The van der Waals surface area contributed by atoms with Gasteiger partial charge in [0.25, 0.3) is 0 Å². The van der Waals surface area contributed by atoms with Crippen LogP contribution < -0.4 is 5.32 Å². The zero-order valence-electron chi connectivity index (χ0n) is 9.59. The quantitative estimate of drug-likeness (QED) is 0.594. The Labute approximate surface area is 95.8 Å². The Kier molecular flexibility index (Phi) is 8.91. The smallest absolute Gasteiger partial charge is 0.416 e. The van der Waals surface area contributed by atoms with E-state index in [4.69, 9.17) is 5.11 Å². The number of carbonyl (C=O) groups is 1. The topological polar surface area (TPSA) is 67.2 Å². The summed E-state index contributed by atoms with van der Waals surface area (Å²) in [7, 11) is 1.98. The average molecular weight is 225 g/mol. The molecule has 2 N–H and O–H groups in total. The molecule has 0 aromatic carbocycles. The first-order chi connectivity index (χ1) is 7.72. The molecule has 90 valence electrons. The normalized spacial score (nSPS) is 9.06. The second-order valence-corrected chi connectivity index (χ2v) is 3.14. The number of allylic oxidation sites excluding steroid dienone is 1. The molecule has 1 aromatic rings. The summed E-state index contributed by atoms with van der Waals surface area (Å²) in [5.74, 6) is 0. The number of hydrogen-bond acceptors (Lipinski definition) is 3. The summed E-state index contributed by atoms with van der Waals surface area (Å²) in [5, 5.41) is 11.3. The fourth-order valence-corrected chi connectivity index (χ4v) is 0.963. The van der Waals surface area contributed by atoms with Crippen molar-refractivity contribution in [3.05, 3.63) is 31.4 Å². The predicted octanol–water partition coefficient (Wildman–Crippen LogP) is 1.97. The van der Waals surface area contributed by atoms with E-state index < -0.39 is 6.09 Å². The molecule has 0 saturated heterocycles. The molecule has 0 aliphatic carbocycles. The molecule has 0 bridgehead atoms. The lowest BCUT2D eigenvalue weighted by Crippen LogP contribution is -2.06. The summed E-state index contributed by atoms with van der Waals surface area (Å²) in [5.41, 5.74) is 0. The molecule has 5 nitrogen and oxygen atoms in total. The monoisotopic (exact) mass is 225 g/mol. The number of rotatable bonds is 5. The molecule has 0 fully saturated rings. The molecule has 1 rings (SSSR count). The van der Waals surface area contributed by atoms with E-state index in [0.717, 1.165) is 17.5 Å². The third-order valence-electron chi connectivity index (χ3n) is 1.81. The maximum absolute atomic E-state index is 9.98. The highest BCUT2D eigenvalue weighted by Crippen LogP contribution is 1.92. The number of unbranched alkanes of at least 4 members (excludes halogenated alkanes) is 2. The van der Waals surface area contributed by atoms with Gasteiger partial charge in [-0.2, -0.15) is 0 Å². The Morgan fingerprint density at radius 1 is 1.62 bits per heavy atom. The first-order valence-electron chi connectivity index (χ1n) is 5.19. The lowest BCUT2D eigenvalue weighted by Gasteiger charge is -1.93. The number of hydrogen-bond donors (Lipinski definition) is 2. The second kappa shape index (κ2) is 9.92. The van der Waals surface area contributed by atoms with E-state index in [9.17, 15) is 4.79 Å². The fraction of sp³-hybridized carbons (Fsp3) is 0.455. The van der Waals surface area contributed by atoms with Crippen molar-refractivity contribution in [1.82, 2.24) is 14.9 Å². The van der Waals surface area contributed by atoms with Gasteiger partial charge in [-0.15, -0.1) is 6.58 Å². The van der Waals surface area contributed by atoms with Crippen LogP contribution in [0.15, 0.2) is 31.4 Å². The summed E-state index contributed by atoms with van der Waals surface area (Å²) in [4.78, 5) is 13.5. The van der Waals surface area contributed by atoms with Gasteiger partial charge in [-0.05, 0) is 32.9 Å². The lowest BCUT2D eigenvalue weighted by atomic mass is 10.2. The molecule has 0 aliphatic rings. The van der Waals surface area contributed by atoms with Crippen molar-refractivity contribution in [2.75, 3.05) is 13.6 Å². The third kappa shape index (κ3) is 7.75. The van der Waals surface area contributed by atoms with Crippen molar-refractivity contribution in [3.8, 4) is 0 Å². The van der Waals surface area contributed by atoms with Crippen LogP contribution in [-0.4, -0.2) is 34.3 Å². The van der Waals surface area contributed by atoms with Gasteiger partial charge in [0, 0.05) is 12.4 Å². The van der Waals surface area contributed by atoms with Crippen LogP contribution in [0.5, 0.6) is 0 Å². The van der Waals surface area contributed by atoms with Gasteiger partial charge in [0.15, 0.2) is 0 Å². The molecule has 1 aromatic heterocycles. The van der Waals surface area contributed by atoms with Gasteiger partial charge in [-0.3, -0.25) is 0 Å². The number of nitrogens with zero attached hydrogens (tertiary/aromatic N) is 2. The molecule has 0 atom stereocenters. The fourth-order valence-electron chi connectivity index (χ4n) is 0.963. The highest BCUT2D eigenvalue weighted by Gasteiger charge is 1.94. The zero-order chi connectivity index (χ0) is 12.2. The molecular weight excluding hydrogens is 206 g/mol. The summed E-state index contributed by atoms with van der Waals surface area (Å²) in [6.07, 6.45) is 8.64. The molecule has 0 amide bonds. The van der Waals surface area contributed by atoms with Crippen LogP contribution in [0.2, 0.25) is 0 Å². The molecule has 0 unspecified atom stereocenters. The second-order valence-electron chi connectivity index (χ2n) is 3.14. The van der Waals surface area contributed by atoms with Gasteiger partial charge < -0.3 is 10.4 Å². The van der Waals surface area contributed by atoms with Crippen LogP contribution in [-0.2, 0) is 0 Å². The summed E-state index contributed by atoms with van der Waals surface area (Å²) < 4.78 is 0.972. The predicted molar refractivity (Wildman–Crippen MR) is 63.6 cm³/mol. The van der Waals surface area contributed by atoms with E-state index >= 15 is 0 Å². The minimum absolute atomic E-state index is 0.972. The SMILES string of the molecule is C=CCCCCNC.O=C(O)n1ccnc1. The first-order valence-corrected chi connectivity index (χ1v) is 5.19. The van der Waals surface area contributed by atoms with Crippen molar-refractivity contribution >= 4 is 6.09 Å². The zero-order valence-corrected chi connectivity index (χ0v) is 9.59. The molecule has 16 heavy (non-hydrogen) atoms. The number of nitrogens with one attached hydrogen (secondary N) is 1. The largest absolute Gasteiger partial charge is 0.464 e. The van der Waals surface area contributed by atoms with Gasteiger partial charge in [0.1, 0.15) is 6.33 Å². The summed E-state index contributed by atoms with van der Waals surface area (Å²) in [6, 6.07) is 0. The molecule has 5 heteroatoms. The Morgan fingerprint density at radius 3 is 2.75 bits per heavy atom. The number of aromatic nitrogens is 2. The van der Waals surface area contributed by atoms with E-state index in [0.29, 0.717) is 0 Å². The van der Waals surface area contributed by atoms with Crippen molar-refractivity contribution in [2.24, 2.45) is 0 Å². The Balaban J connectivity index is 0.000000281. The van der Waals surface area contributed by atoms with Gasteiger partial charge >= 0.3 is 6.09 Å². The number of imidazole rings is 1. The minimum atomic E-state index is -1.01. The summed E-state index contributed by atoms with van der Waals surface area (Å²) >= 11 is 0.